The molecule has 0 aliphatic rings. The fraction of sp³-hybridized carbons (Fsp3) is 0.333. The van der Waals surface area contributed by atoms with Gasteiger partial charge in [0.1, 0.15) is 5.75 Å². The van der Waals surface area contributed by atoms with E-state index in [9.17, 15) is 0 Å². The smallest absolute Gasteiger partial charge is 0.119 e. The second-order valence-electron chi connectivity index (χ2n) is 2.57. The van der Waals surface area contributed by atoms with E-state index >= 15 is 0 Å². The first-order chi connectivity index (χ1) is 6.83. The van der Waals surface area contributed by atoms with E-state index in [0.717, 1.165) is 5.75 Å². The summed E-state index contributed by atoms with van der Waals surface area (Å²) in [7, 11) is 0. The molecule has 0 atom stereocenters. The Morgan fingerprint density at radius 1 is 1.14 bits per heavy atom. The maximum absolute atomic E-state index is 5.71. The highest BCUT2D eigenvalue weighted by Crippen LogP contribution is 2.15. The van der Waals surface area contributed by atoms with Crippen LogP contribution in [-0.2, 0) is 9.88 Å². The largest absolute Gasteiger partial charge is 0.494 e. The van der Waals surface area contributed by atoms with Crippen LogP contribution in [0.1, 0.15) is 6.42 Å². The van der Waals surface area contributed by atoms with Crippen LogP contribution in [0.25, 0.3) is 0 Å². The third-order valence-corrected chi connectivity index (χ3v) is 1.77. The molecule has 0 saturated carbocycles. The lowest BCUT2D eigenvalue weighted by Crippen LogP contribution is -2.06. The zero-order chi connectivity index (χ0) is 10.2. The van der Waals surface area contributed by atoms with Crippen molar-refractivity contribution in [1.29, 1.82) is 0 Å². The van der Waals surface area contributed by atoms with Crippen molar-refractivity contribution in [3.63, 3.8) is 0 Å². The summed E-state index contributed by atoms with van der Waals surface area (Å²) in [5.41, 5.74) is 0. The SMILES string of the molecule is NOOCCCOc1ccc(Cl)cc1. The quantitative estimate of drug-likeness (QED) is 0.450. The van der Waals surface area contributed by atoms with Gasteiger partial charge >= 0.3 is 0 Å². The second kappa shape index (κ2) is 6.62. The molecule has 0 unspecified atom stereocenters. The Kier molecular flexibility index (Phi) is 5.32. The average Bonchev–Trinajstić information content (AvgIpc) is 2.21. The molecule has 4 nitrogen and oxygen atoms in total. The summed E-state index contributed by atoms with van der Waals surface area (Å²) in [5, 5.41) is 0.692. The molecule has 0 heterocycles. The van der Waals surface area contributed by atoms with Gasteiger partial charge in [0.2, 0.25) is 0 Å². The fourth-order valence-electron chi connectivity index (χ4n) is 0.887. The molecule has 14 heavy (non-hydrogen) atoms. The number of hydrogen-bond acceptors (Lipinski definition) is 4. The van der Waals surface area contributed by atoms with Crippen LogP contribution < -0.4 is 10.6 Å². The van der Waals surface area contributed by atoms with Crippen molar-refractivity contribution in [3.05, 3.63) is 29.3 Å². The highest BCUT2D eigenvalue weighted by atomic mass is 35.5. The van der Waals surface area contributed by atoms with E-state index in [0.29, 0.717) is 24.7 Å². The van der Waals surface area contributed by atoms with E-state index in [1.165, 1.54) is 0 Å². The summed E-state index contributed by atoms with van der Waals surface area (Å²) in [6.45, 7) is 0.953. The Morgan fingerprint density at radius 3 is 2.50 bits per heavy atom. The first-order valence-corrected chi connectivity index (χ1v) is 4.57. The third-order valence-electron chi connectivity index (χ3n) is 1.52. The molecule has 0 amide bonds. The van der Waals surface area contributed by atoms with Gasteiger partial charge in [-0.2, -0.15) is 5.90 Å². The summed E-state index contributed by atoms with van der Waals surface area (Å²) >= 11 is 5.71. The molecule has 0 aliphatic carbocycles. The molecule has 0 aromatic heterocycles. The summed E-state index contributed by atoms with van der Waals surface area (Å²) in [6, 6.07) is 7.16. The molecule has 0 bridgehead atoms. The molecule has 0 fully saturated rings. The average molecular weight is 218 g/mol. The van der Waals surface area contributed by atoms with Crippen LogP contribution in [0.5, 0.6) is 5.75 Å². The monoisotopic (exact) mass is 217 g/mol. The zero-order valence-corrected chi connectivity index (χ0v) is 8.37. The van der Waals surface area contributed by atoms with Crippen molar-refractivity contribution >= 4 is 11.6 Å². The van der Waals surface area contributed by atoms with Gasteiger partial charge in [-0.25, -0.2) is 4.89 Å². The molecule has 0 spiro atoms. The topological polar surface area (TPSA) is 53.7 Å². The van der Waals surface area contributed by atoms with Crippen molar-refractivity contribution in [1.82, 2.24) is 0 Å². The van der Waals surface area contributed by atoms with E-state index < -0.39 is 0 Å². The van der Waals surface area contributed by atoms with E-state index in [4.69, 9.17) is 16.3 Å². The minimum atomic E-state index is 0.407. The Bertz CT molecular complexity index is 253. The molecular formula is C9H12ClNO3. The second-order valence-corrected chi connectivity index (χ2v) is 3.01. The first-order valence-electron chi connectivity index (χ1n) is 4.19. The number of benzene rings is 1. The van der Waals surface area contributed by atoms with E-state index in [1.54, 1.807) is 12.1 Å². The Balaban J connectivity index is 2.15. The molecule has 0 aliphatic heterocycles. The Labute approximate surface area is 87.4 Å². The maximum atomic E-state index is 5.71. The van der Waals surface area contributed by atoms with Crippen LogP contribution >= 0.6 is 11.6 Å². The minimum Gasteiger partial charge on any atom is -0.494 e. The van der Waals surface area contributed by atoms with Gasteiger partial charge in [0.15, 0.2) is 0 Å². The zero-order valence-electron chi connectivity index (χ0n) is 7.61. The van der Waals surface area contributed by atoms with E-state index in [1.807, 2.05) is 12.1 Å². The summed E-state index contributed by atoms with van der Waals surface area (Å²) < 4.78 is 5.37. The molecule has 1 rings (SSSR count). The molecule has 1 aromatic rings. The molecule has 78 valence electrons. The van der Waals surface area contributed by atoms with Gasteiger partial charge in [0.25, 0.3) is 0 Å². The van der Waals surface area contributed by atoms with Gasteiger partial charge < -0.3 is 4.74 Å². The predicted molar refractivity (Wildman–Crippen MR) is 52.8 cm³/mol. The van der Waals surface area contributed by atoms with Gasteiger partial charge in [0, 0.05) is 11.4 Å². The summed E-state index contributed by atoms with van der Waals surface area (Å²) in [5.74, 6) is 5.44. The van der Waals surface area contributed by atoms with E-state index in [-0.39, 0.29) is 0 Å². The summed E-state index contributed by atoms with van der Waals surface area (Å²) in [4.78, 5) is 8.40. The lowest BCUT2D eigenvalue weighted by Gasteiger charge is -2.05. The van der Waals surface area contributed by atoms with Gasteiger partial charge in [-0.05, 0) is 24.3 Å². The highest BCUT2D eigenvalue weighted by molar-refractivity contribution is 6.30. The standard InChI is InChI=1S/C9H12ClNO3/c10-8-2-4-9(5-3-8)12-6-1-7-13-14-11/h2-5H,1,6-7,11H2. The van der Waals surface area contributed by atoms with Crippen LogP contribution in [0.3, 0.4) is 0 Å². The molecule has 1 aromatic carbocycles. The number of rotatable bonds is 6. The molecule has 5 heteroatoms. The lowest BCUT2D eigenvalue weighted by atomic mass is 10.3. The normalized spacial score (nSPS) is 10.1. The number of halogens is 1. The van der Waals surface area contributed by atoms with Crippen LogP contribution in [-0.4, -0.2) is 13.2 Å². The fourth-order valence-corrected chi connectivity index (χ4v) is 1.01. The van der Waals surface area contributed by atoms with Crippen molar-refractivity contribution in [2.24, 2.45) is 5.90 Å². The number of nitrogens with two attached hydrogens (primary N) is 1. The third kappa shape index (κ3) is 4.43. The Hall–Kier alpha value is -0.810. The predicted octanol–water partition coefficient (Wildman–Crippen LogP) is 1.93. The molecule has 0 saturated heterocycles. The lowest BCUT2D eigenvalue weighted by molar-refractivity contribution is -0.300. The van der Waals surface area contributed by atoms with Crippen LogP contribution in [0.2, 0.25) is 5.02 Å². The maximum Gasteiger partial charge on any atom is 0.119 e. The molecule has 0 radical (unpaired) electrons. The van der Waals surface area contributed by atoms with Crippen LogP contribution in [0, 0.1) is 0 Å². The minimum absolute atomic E-state index is 0.407. The van der Waals surface area contributed by atoms with Crippen LogP contribution in [0.15, 0.2) is 24.3 Å². The molecule has 2 N–H and O–H groups in total. The number of ether oxygens (including phenoxy) is 1. The van der Waals surface area contributed by atoms with Gasteiger partial charge in [0.05, 0.1) is 13.2 Å². The van der Waals surface area contributed by atoms with Gasteiger partial charge in [-0.15, -0.1) is 4.99 Å². The van der Waals surface area contributed by atoms with Crippen molar-refractivity contribution < 1.29 is 14.6 Å². The van der Waals surface area contributed by atoms with E-state index in [2.05, 4.69) is 15.8 Å². The highest BCUT2D eigenvalue weighted by Gasteiger charge is 1.93. The van der Waals surface area contributed by atoms with Gasteiger partial charge in [-0.1, -0.05) is 11.6 Å². The van der Waals surface area contributed by atoms with Crippen molar-refractivity contribution in [2.45, 2.75) is 6.42 Å². The summed E-state index contributed by atoms with van der Waals surface area (Å²) in [6.07, 6.45) is 0.708. The van der Waals surface area contributed by atoms with Gasteiger partial charge in [-0.3, -0.25) is 0 Å². The van der Waals surface area contributed by atoms with Crippen molar-refractivity contribution in [2.75, 3.05) is 13.2 Å². The van der Waals surface area contributed by atoms with Crippen LogP contribution in [0.4, 0.5) is 0 Å². The molecular weight excluding hydrogens is 206 g/mol. The van der Waals surface area contributed by atoms with Crippen molar-refractivity contribution in [3.8, 4) is 5.75 Å². The first kappa shape index (κ1) is 11.3. The Morgan fingerprint density at radius 2 is 1.86 bits per heavy atom. The number of hydrogen-bond donors (Lipinski definition) is 1.